The molecule has 1 aliphatic rings. The highest BCUT2D eigenvalue weighted by atomic mass is 35.5. The Labute approximate surface area is 217 Å². The SMILES string of the molecule is COc1cc(Nc2nccc(-c3ccc(N(Cl)C(=O)Cn4cnnn4)cc3)n2)ccc1N1CCOCC1. The molecular formula is C24H24ClN9O3. The number of tetrazole rings is 1. The molecule has 13 heteroatoms. The summed E-state index contributed by atoms with van der Waals surface area (Å²) in [5.74, 6) is 0.836. The largest absolute Gasteiger partial charge is 0.495 e. The van der Waals surface area contributed by atoms with Gasteiger partial charge in [-0.15, -0.1) is 5.10 Å². The number of methoxy groups -OCH3 is 1. The number of hydrogen-bond donors (Lipinski definition) is 1. The number of morpholine rings is 1. The van der Waals surface area contributed by atoms with Gasteiger partial charge < -0.3 is 19.7 Å². The molecule has 0 spiro atoms. The predicted octanol–water partition coefficient (Wildman–Crippen LogP) is 2.91. The van der Waals surface area contributed by atoms with Gasteiger partial charge in [-0.05, 0) is 40.8 Å². The summed E-state index contributed by atoms with van der Waals surface area (Å²) in [4.78, 5) is 23.6. The topological polar surface area (TPSA) is 123 Å². The fourth-order valence-electron chi connectivity index (χ4n) is 3.89. The number of ether oxygens (including phenoxy) is 2. The first kappa shape index (κ1) is 24.4. The third-order valence-electron chi connectivity index (χ3n) is 5.74. The Bertz CT molecular complexity index is 1350. The summed E-state index contributed by atoms with van der Waals surface area (Å²) in [6.45, 7) is 2.97. The van der Waals surface area contributed by atoms with Crippen molar-refractivity contribution in [2.24, 2.45) is 0 Å². The Morgan fingerprint density at radius 3 is 2.70 bits per heavy atom. The Balaban J connectivity index is 1.28. The number of aromatic nitrogens is 6. The van der Waals surface area contributed by atoms with Crippen LogP contribution < -0.4 is 19.4 Å². The van der Waals surface area contributed by atoms with Crippen LogP contribution in [-0.4, -0.2) is 69.5 Å². The summed E-state index contributed by atoms with van der Waals surface area (Å²) in [6, 6.07) is 14.9. The molecule has 0 bridgehead atoms. The first-order valence-corrected chi connectivity index (χ1v) is 11.9. The molecule has 0 atom stereocenters. The van der Waals surface area contributed by atoms with Crippen LogP contribution in [0, 0.1) is 0 Å². The molecule has 4 aromatic rings. The van der Waals surface area contributed by atoms with Crippen molar-refractivity contribution in [2.75, 3.05) is 48.0 Å². The molecule has 190 valence electrons. The molecule has 12 nitrogen and oxygen atoms in total. The van der Waals surface area contributed by atoms with Crippen LogP contribution in [0.25, 0.3) is 11.3 Å². The third kappa shape index (κ3) is 5.76. The van der Waals surface area contributed by atoms with Crippen molar-refractivity contribution in [2.45, 2.75) is 6.54 Å². The smallest absolute Gasteiger partial charge is 0.263 e. The molecule has 2 aromatic carbocycles. The summed E-state index contributed by atoms with van der Waals surface area (Å²) in [6.07, 6.45) is 3.03. The van der Waals surface area contributed by atoms with Gasteiger partial charge in [-0.25, -0.2) is 19.1 Å². The van der Waals surface area contributed by atoms with Gasteiger partial charge in [0.15, 0.2) is 0 Å². The molecule has 1 fully saturated rings. The maximum Gasteiger partial charge on any atom is 0.263 e. The summed E-state index contributed by atoms with van der Waals surface area (Å²) >= 11 is 6.22. The highest BCUT2D eigenvalue weighted by Gasteiger charge is 2.17. The fourth-order valence-corrected chi connectivity index (χ4v) is 4.06. The lowest BCUT2D eigenvalue weighted by atomic mass is 10.1. The second-order valence-corrected chi connectivity index (χ2v) is 8.44. The molecule has 1 aliphatic heterocycles. The van der Waals surface area contributed by atoms with E-state index in [1.165, 1.54) is 11.0 Å². The average Bonchev–Trinajstić information content (AvgIpc) is 3.46. The lowest BCUT2D eigenvalue weighted by Gasteiger charge is -2.30. The monoisotopic (exact) mass is 521 g/mol. The zero-order valence-corrected chi connectivity index (χ0v) is 20.7. The minimum atomic E-state index is -0.370. The number of amides is 1. The molecule has 3 heterocycles. The van der Waals surface area contributed by atoms with Gasteiger partial charge in [-0.3, -0.25) is 4.79 Å². The Kier molecular flexibility index (Phi) is 7.38. The number of nitrogens with one attached hydrogen (secondary N) is 1. The average molecular weight is 522 g/mol. The van der Waals surface area contributed by atoms with Crippen LogP contribution in [0.5, 0.6) is 5.75 Å². The van der Waals surface area contributed by atoms with E-state index in [4.69, 9.17) is 21.3 Å². The van der Waals surface area contributed by atoms with Crippen molar-refractivity contribution in [1.82, 2.24) is 30.2 Å². The van der Waals surface area contributed by atoms with Crippen LogP contribution in [0.15, 0.2) is 61.1 Å². The number of halogens is 1. The zero-order valence-electron chi connectivity index (χ0n) is 20.0. The van der Waals surface area contributed by atoms with E-state index >= 15 is 0 Å². The van der Waals surface area contributed by atoms with Crippen LogP contribution in [0.3, 0.4) is 0 Å². The van der Waals surface area contributed by atoms with E-state index < -0.39 is 0 Å². The van der Waals surface area contributed by atoms with Crippen LogP contribution in [0.1, 0.15) is 0 Å². The van der Waals surface area contributed by atoms with Crippen LogP contribution in [0.4, 0.5) is 23.0 Å². The van der Waals surface area contributed by atoms with Gasteiger partial charge in [0.1, 0.15) is 18.6 Å². The van der Waals surface area contributed by atoms with Crippen molar-refractivity contribution < 1.29 is 14.3 Å². The zero-order chi connectivity index (χ0) is 25.6. The van der Waals surface area contributed by atoms with Crippen LogP contribution in [-0.2, 0) is 16.1 Å². The highest BCUT2D eigenvalue weighted by Crippen LogP contribution is 2.33. The van der Waals surface area contributed by atoms with E-state index in [-0.39, 0.29) is 12.5 Å². The van der Waals surface area contributed by atoms with Crippen LogP contribution in [0.2, 0.25) is 0 Å². The minimum Gasteiger partial charge on any atom is -0.495 e. The van der Waals surface area contributed by atoms with E-state index in [9.17, 15) is 4.79 Å². The lowest BCUT2D eigenvalue weighted by molar-refractivity contribution is -0.118. The normalized spacial score (nSPS) is 13.3. The van der Waals surface area contributed by atoms with Crippen LogP contribution >= 0.6 is 11.8 Å². The first-order valence-electron chi connectivity index (χ1n) is 11.5. The number of rotatable bonds is 8. The van der Waals surface area contributed by atoms with Gasteiger partial charge in [-0.2, -0.15) is 0 Å². The summed E-state index contributed by atoms with van der Waals surface area (Å²) in [7, 11) is 1.66. The number of hydrogen-bond acceptors (Lipinski definition) is 10. The Morgan fingerprint density at radius 2 is 1.97 bits per heavy atom. The Morgan fingerprint density at radius 1 is 1.16 bits per heavy atom. The van der Waals surface area contributed by atoms with Crippen molar-refractivity contribution in [1.29, 1.82) is 0 Å². The van der Waals surface area contributed by atoms with Crippen molar-refractivity contribution in [3.8, 4) is 17.0 Å². The molecule has 0 aliphatic carbocycles. The summed E-state index contributed by atoms with van der Waals surface area (Å²) in [5, 5.41) is 13.9. The maximum atomic E-state index is 12.4. The number of carbonyl (C=O) groups is 1. The minimum absolute atomic E-state index is 0.0720. The first-order chi connectivity index (χ1) is 18.1. The van der Waals surface area contributed by atoms with Gasteiger partial charge >= 0.3 is 0 Å². The number of carbonyl (C=O) groups excluding carboxylic acids is 1. The van der Waals surface area contributed by atoms with Crippen molar-refractivity contribution in [3.05, 3.63) is 61.1 Å². The maximum absolute atomic E-state index is 12.4. The van der Waals surface area contributed by atoms with Crippen molar-refractivity contribution >= 4 is 40.7 Å². The molecule has 1 saturated heterocycles. The molecule has 0 radical (unpaired) electrons. The second-order valence-electron chi connectivity index (χ2n) is 8.11. The Hall–Kier alpha value is -4.29. The van der Waals surface area contributed by atoms with Gasteiger partial charge in [0.25, 0.3) is 5.91 Å². The molecule has 1 amide bonds. The molecule has 0 saturated carbocycles. The van der Waals surface area contributed by atoms with Gasteiger partial charge in [-0.1, -0.05) is 12.1 Å². The number of anilines is 4. The van der Waals surface area contributed by atoms with Gasteiger partial charge in [0, 0.05) is 48.4 Å². The van der Waals surface area contributed by atoms with E-state index in [2.05, 4.69) is 35.7 Å². The highest BCUT2D eigenvalue weighted by molar-refractivity contribution is 6.36. The molecule has 5 rings (SSSR count). The van der Waals surface area contributed by atoms with E-state index in [1.807, 2.05) is 36.4 Å². The van der Waals surface area contributed by atoms with Gasteiger partial charge in [0.05, 0.1) is 37.4 Å². The molecule has 0 unspecified atom stereocenters. The second kappa shape index (κ2) is 11.2. The standard InChI is InChI=1S/C24H24ClN9O3/c1-36-22-14-18(4-7-21(22)32-10-12-37-13-11-32)28-24-26-9-8-20(29-24)17-2-5-19(6-3-17)34(25)23(35)15-33-16-27-30-31-33/h2-9,14,16H,10-13,15H2,1H3,(H,26,28,29). The number of nitrogens with zero attached hydrogens (tertiary/aromatic N) is 8. The van der Waals surface area contributed by atoms with E-state index in [0.29, 0.717) is 30.5 Å². The summed E-state index contributed by atoms with van der Waals surface area (Å²) in [5.41, 5.74) is 3.90. The third-order valence-corrected chi connectivity index (χ3v) is 6.12. The molecule has 1 N–H and O–H groups in total. The molecule has 37 heavy (non-hydrogen) atoms. The fraction of sp³-hybridized carbons (Fsp3) is 0.250. The van der Waals surface area contributed by atoms with E-state index in [0.717, 1.165) is 40.2 Å². The number of benzene rings is 2. The molecule has 2 aromatic heterocycles. The lowest BCUT2D eigenvalue weighted by Crippen LogP contribution is -2.36. The predicted molar refractivity (Wildman–Crippen MR) is 138 cm³/mol. The van der Waals surface area contributed by atoms with Crippen molar-refractivity contribution in [3.63, 3.8) is 0 Å². The quantitative estimate of drug-likeness (QED) is 0.346. The molecular weight excluding hydrogens is 498 g/mol. The van der Waals surface area contributed by atoms with Gasteiger partial charge in [0.2, 0.25) is 5.95 Å². The van der Waals surface area contributed by atoms with E-state index in [1.54, 1.807) is 25.4 Å². The summed E-state index contributed by atoms with van der Waals surface area (Å²) < 4.78 is 13.4.